The lowest BCUT2D eigenvalue weighted by atomic mass is 9.97. The summed E-state index contributed by atoms with van der Waals surface area (Å²) in [6.45, 7) is 10.7. The average molecular weight is 468 g/mol. The summed E-state index contributed by atoms with van der Waals surface area (Å²) in [5, 5.41) is 6.72. The van der Waals surface area contributed by atoms with E-state index in [-0.39, 0.29) is 23.6 Å². The lowest BCUT2D eigenvalue weighted by molar-refractivity contribution is 0.0518. The maximum Gasteiger partial charge on any atom is 0.407 e. The highest BCUT2D eigenvalue weighted by Crippen LogP contribution is 2.25. The molecule has 0 fully saturated rings. The van der Waals surface area contributed by atoms with Crippen molar-refractivity contribution in [2.24, 2.45) is 11.8 Å². The molecule has 1 unspecified atom stereocenters. The van der Waals surface area contributed by atoms with Crippen LogP contribution in [0, 0.1) is 17.7 Å². The molecule has 2 aromatic carbocycles. The van der Waals surface area contributed by atoms with Gasteiger partial charge in [-0.2, -0.15) is 0 Å². The first-order chi connectivity index (χ1) is 16.0. The largest absolute Gasteiger partial charge is 0.444 e. The van der Waals surface area contributed by atoms with Gasteiger partial charge in [0, 0.05) is 24.0 Å². The van der Waals surface area contributed by atoms with E-state index >= 15 is 0 Å². The van der Waals surface area contributed by atoms with Gasteiger partial charge in [-0.3, -0.25) is 4.79 Å². The third-order valence-electron chi connectivity index (χ3n) is 5.45. The third kappa shape index (κ3) is 7.33. The number of benzene rings is 2. The summed E-state index contributed by atoms with van der Waals surface area (Å²) in [7, 11) is 0. The summed E-state index contributed by atoms with van der Waals surface area (Å²) in [5.74, 6) is 0.0590. The van der Waals surface area contributed by atoms with Gasteiger partial charge in [0.1, 0.15) is 17.1 Å². The van der Waals surface area contributed by atoms with E-state index in [0.717, 1.165) is 28.5 Å². The molecule has 0 aliphatic rings. The predicted octanol–water partition coefficient (Wildman–Crippen LogP) is 5.89. The maximum atomic E-state index is 13.2. The molecule has 0 radical (unpaired) electrons. The van der Waals surface area contributed by atoms with E-state index < -0.39 is 11.7 Å². The number of aromatic nitrogens is 1. The summed E-state index contributed by atoms with van der Waals surface area (Å²) in [5.41, 5.74) is 2.69. The highest BCUT2D eigenvalue weighted by molar-refractivity contribution is 5.98. The van der Waals surface area contributed by atoms with E-state index in [0.29, 0.717) is 18.8 Å². The van der Waals surface area contributed by atoms with Gasteiger partial charge in [-0.25, -0.2) is 9.18 Å². The molecule has 1 aromatic heterocycles. The fourth-order valence-corrected chi connectivity index (χ4v) is 3.86. The van der Waals surface area contributed by atoms with Crippen LogP contribution in [0.4, 0.5) is 9.18 Å². The topological polar surface area (TPSA) is 83.2 Å². The Kier molecular flexibility index (Phi) is 7.97. The quantitative estimate of drug-likeness (QED) is 0.386. The van der Waals surface area contributed by atoms with Crippen molar-refractivity contribution in [2.45, 2.75) is 46.6 Å². The number of nitrogens with one attached hydrogen (secondary N) is 3. The minimum Gasteiger partial charge on any atom is -0.444 e. The molecule has 34 heavy (non-hydrogen) atoms. The number of rotatable bonds is 8. The van der Waals surface area contributed by atoms with Crippen molar-refractivity contribution in [3.8, 4) is 11.1 Å². The number of amides is 2. The van der Waals surface area contributed by atoms with Crippen LogP contribution in [-0.2, 0) is 4.74 Å². The van der Waals surface area contributed by atoms with Crippen molar-refractivity contribution >= 4 is 22.9 Å². The van der Waals surface area contributed by atoms with Gasteiger partial charge in [0.2, 0.25) is 0 Å². The monoisotopic (exact) mass is 467 g/mol. The molecule has 6 nitrogen and oxygen atoms in total. The van der Waals surface area contributed by atoms with Crippen LogP contribution in [0.2, 0.25) is 0 Å². The van der Waals surface area contributed by atoms with Gasteiger partial charge in [0.15, 0.2) is 0 Å². The zero-order valence-corrected chi connectivity index (χ0v) is 20.5. The Labute approximate surface area is 200 Å². The minimum atomic E-state index is -0.518. The Bertz CT molecular complexity index is 1130. The molecule has 0 bridgehead atoms. The van der Waals surface area contributed by atoms with E-state index in [1.54, 1.807) is 12.1 Å². The maximum absolute atomic E-state index is 13.2. The van der Waals surface area contributed by atoms with E-state index in [9.17, 15) is 14.0 Å². The van der Waals surface area contributed by atoms with Crippen LogP contribution in [0.1, 0.15) is 51.5 Å². The Balaban J connectivity index is 1.50. The number of H-pyrrole nitrogens is 1. The number of carbonyl (C=O) groups is 2. The van der Waals surface area contributed by atoms with Crippen molar-refractivity contribution < 1.29 is 18.7 Å². The Hall–Kier alpha value is -3.35. The summed E-state index contributed by atoms with van der Waals surface area (Å²) in [6, 6.07) is 14.0. The van der Waals surface area contributed by atoms with Crippen LogP contribution in [0.25, 0.3) is 22.0 Å². The molecule has 7 heteroatoms. The van der Waals surface area contributed by atoms with Crippen LogP contribution in [-0.4, -0.2) is 35.7 Å². The van der Waals surface area contributed by atoms with Gasteiger partial charge in [-0.05, 0) is 74.4 Å². The number of aromatic amines is 1. The first-order valence-electron chi connectivity index (χ1n) is 11.6. The van der Waals surface area contributed by atoms with Crippen molar-refractivity contribution in [2.75, 3.05) is 13.1 Å². The molecule has 182 valence electrons. The van der Waals surface area contributed by atoms with E-state index in [4.69, 9.17) is 4.74 Å². The molecule has 0 saturated heterocycles. The molecule has 3 aromatic rings. The summed E-state index contributed by atoms with van der Waals surface area (Å²) in [6.07, 6.45) is 0.436. The molecular formula is C27H34FN3O3. The SMILES string of the molecule is CC(CNC(=O)OC(C)(C)C)C[C@H](C)CNC(=O)c1cc2ccc(-c3ccc(F)cc3)cc2[nH]1. The third-order valence-corrected chi connectivity index (χ3v) is 5.45. The fraction of sp³-hybridized carbons (Fsp3) is 0.407. The van der Waals surface area contributed by atoms with Crippen molar-refractivity contribution in [1.29, 1.82) is 0 Å². The van der Waals surface area contributed by atoms with E-state index in [1.165, 1.54) is 12.1 Å². The molecule has 0 aliphatic carbocycles. The van der Waals surface area contributed by atoms with E-state index in [2.05, 4.69) is 29.5 Å². The number of carbonyl (C=O) groups excluding carboxylic acids is 2. The number of ether oxygens (including phenoxy) is 1. The summed E-state index contributed by atoms with van der Waals surface area (Å²) in [4.78, 5) is 27.7. The lowest BCUT2D eigenvalue weighted by Crippen LogP contribution is -2.35. The first kappa shape index (κ1) is 25.3. The number of hydrogen-bond donors (Lipinski definition) is 3. The van der Waals surface area contributed by atoms with Gasteiger partial charge in [-0.1, -0.05) is 38.1 Å². The molecule has 3 N–H and O–H groups in total. The van der Waals surface area contributed by atoms with Gasteiger partial charge < -0.3 is 20.4 Å². The normalized spacial score (nSPS) is 13.4. The van der Waals surface area contributed by atoms with Crippen LogP contribution in [0.15, 0.2) is 48.5 Å². The van der Waals surface area contributed by atoms with Crippen LogP contribution in [0.5, 0.6) is 0 Å². The van der Waals surface area contributed by atoms with Crippen LogP contribution >= 0.6 is 0 Å². The summed E-state index contributed by atoms with van der Waals surface area (Å²) < 4.78 is 18.5. The van der Waals surface area contributed by atoms with Crippen LogP contribution in [0.3, 0.4) is 0 Å². The highest BCUT2D eigenvalue weighted by Gasteiger charge is 2.18. The predicted molar refractivity (Wildman–Crippen MR) is 133 cm³/mol. The molecule has 0 aliphatic heterocycles. The Morgan fingerprint density at radius 1 is 0.941 bits per heavy atom. The average Bonchev–Trinajstić information content (AvgIpc) is 3.19. The van der Waals surface area contributed by atoms with Crippen molar-refractivity contribution in [1.82, 2.24) is 15.6 Å². The van der Waals surface area contributed by atoms with Gasteiger partial charge in [0.05, 0.1) is 0 Å². The second-order valence-electron chi connectivity index (χ2n) is 10.0. The smallest absolute Gasteiger partial charge is 0.407 e. The molecule has 1 heterocycles. The first-order valence-corrected chi connectivity index (χ1v) is 11.6. The van der Waals surface area contributed by atoms with Gasteiger partial charge in [0.25, 0.3) is 5.91 Å². The zero-order chi connectivity index (χ0) is 24.9. The molecular weight excluding hydrogens is 433 g/mol. The van der Waals surface area contributed by atoms with Gasteiger partial charge >= 0.3 is 6.09 Å². The molecule has 0 saturated carbocycles. The van der Waals surface area contributed by atoms with Crippen molar-refractivity contribution in [3.05, 3.63) is 60.0 Å². The zero-order valence-electron chi connectivity index (χ0n) is 20.5. The second kappa shape index (κ2) is 10.7. The molecule has 2 amide bonds. The van der Waals surface area contributed by atoms with Gasteiger partial charge in [-0.15, -0.1) is 0 Å². The summed E-state index contributed by atoms with van der Waals surface area (Å²) >= 11 is 0. The van der Waals surface area contributed by atoms with Crippen molar-refractivity contribution in [3.63, 3.8) is 0 Å². The van der Waals surface area contributed by atoms with E-state index in [1.807, 2.05) is 45.0 Å². The number of hydrogen-bond acceptors (Lipinski definition) is 3. The Morgan fingerprint density at radius 3 is 2.21 bits per heavy atom. The number of fused-ring (bicyclic) bond motifs is 1. The lowest BCUT2D eigenvalue weighted by Gasteiger charge is -2.22. The fourth-order valence-electron chi connectivity index (χ4n) is 3.86. The molecule has 2 atom stereocenters. The molecule has 3 rings (SSSR count). The minimum absolute atomic E-state index is 0.161. The van der Waals surface area contributed by atoms with Crippen LogP contribution < -0.4 is 10.6 Å². The number of halogens is 1. The molecule has 0 spiro atoms. The highest BCUT2D eigenvalue weighted by atomic mass is 19.1. The number of alkyl carbamates (subject to hydrolysis) is 1. The standard InChI is InChI=1S/C27H34FN3O3/c1-17(12-18(2)16-30-26(33)34-27(3,4)5)15-29-25(32)24-14-21-7-6-20(13-23(21)31-24)19-8-10-22(28)11-9-19/h6-11,13-14,17-18,31H,12,15-16H2,1-5H3,(H,29,32)(H,30,33)/t17-,18?/m0/s1. The second-order valence-corrected chi connectivity index (χ2v) is 10.0. The Morgan fingerprint density at radius 2 is 1.56 bits per heavy atom.